The molecule has 0 aliphatic carbocycles. The van der Waals surface area contributed by atoms with E-state index in [4.69, 9.17) is 11.6 Å². The minimum Gasteiger partial charge on any atom is -0.0934 e. The van der Waals surface area contributed by atoms with Crippen molar-refractivity contribution < 1.29 is 0 Å². The first-order valence-corrected chi connectivity index (χ1v) is 5.52. The Morgan fingerprint density at radius 3 is 1.67 bits per heavy atom. The largest absolute Gasteiger partial charge is 0.159 e. The first-order chi connectivity index (χ1) is 3.81. The maximum absolute atomic E-state index is 5.93. The van der Waals surface area contributed by atoms with Gasteiger partial charge in [-0.1, -0.05) is 73.2 Å². The Hall–Kier alpha value is 1.73. The van der Waals surface area contributed by atoms with Crippen LogP contribution in [0.2, 0.25) is 0 Å². The fraction of sp³-hybridized carbons (Fsp3) is 1.00. The van der Waals surface area contributed by atoms with Crippen LogP contribution in [0.5, 0.6) is 0 Å². The topological polar surface area (TPSA) is 0 Å². The Kier molecular flexibility index (Phi) is 4.07. The molecule has 0 nitrogen and oxygen atoms in total. The molecule has 0 spiro atoms. The van der Waals surface area contributed by atoms with Crippen molar-refractivity contribution in [2.75, 3.05) is 5.33 Å². The van der Waals surface area contributed by atoms with E-state index in [9.17, 15) is 0 Å². The molecular formula is C5H8Br3Cl. The van der Waals surface area contributed by atoms with E-state index in [1.54, 1.807) is 0 Å². The lowest BCUT2D eigenvalue weighted by Gasteiger charge is -2.30. The summed E-state index contributed by atoms with van der Waals surface area (Å²) >= 11 is 15.9. The van der Waals surface area contributed by atoms with Crippen LogP contribution >= 0.6 is 59.4 Å². The van der Waals surface area contributed by atoms with E-state index < -0.39 is 2.69 Å². The van der Waals surface area contributed by atoms with Gasteiger partial charge in [-0.05, 0) is 0 Å². The highest BCUT2D eigenvalue weighted by Crippen LogP contribution is 2.48. The quantitative estimate of drug-likeness (QED) is 0.663. The van der Waals surface area contributed by atoms with Crippen LogP contribution in [0.1, 0.15) is 13.8 Å². The Bertz CT molecular complexity index is 94.9. The normalized spacial score (nSPS) is 14.0. The summed E-state index contributed by atoms with van der Waals surface area (Å²) in [6.45, 7) is 4.11. The molecule has 4 heteroatoms. The van der Waals surface area contributed by atoms with Crippen molar-refractivity contribution in [1.29, 1.82) is 0 Å². The molecule has 56 valence electrons. The highest BCUT2D eigenvalue weighted by molar-refractivity contribution is 9.26. The van der Waals surface area contributed by atoms with Crippen molar-refractivity contribution >= 4 is 59.4 Å². The lowest BCUT2D eigenvalue weighted by atomic mass is 10.0. The highest BCUT2D eigenvalue weighted by Gasteiger charge is 2.37. The maximum Gasteiger partial charge on any atom is 0.159 e. The molecule has 0 rings (SSSR count). The lowest BCUT2D eigenvalue weighted by molar-refractivity contribution is 0.458. The number of alkyl halides is 4. The summed E-state index contributed by atoms with van der Waals surface area (Å²) in [5.74, 6) is 0. The third-order valence-corrected chi connectivity index (χ3v) is 5.16. The Morgan fingerprint density at radius 1 is 1.33 bits per heavy atom. The fourth-order valence-electron chi connectivity index (χ4n) is 0.0758. The van der Waals surface area contributed by atoms with Gasteiger partial charge in [-0.25, -0.2) is 0 Å². The Balaban J connectivity index is 4.14. The van der Waals surface area contributed by atoms with Crippen molar-refractivity contribution in [3.05, 3.63) is 0 Å². The van der Waals surface area contributed by atoms with E-state index in [1.807, 2.05) is 0 Å². The molecule has 0 aliphatic rings. The zero-order valence-electron chi connectivity index (χ0n) is 5.22. The second kappa shape index (κ2) is 3.42. The van der Waals surface area contributed by atoms with Gasteiger partial charge < -0.3 is 0 Å². The lowest BCUT2D eigenvalue weighted by Crippen LogP contribution is -2.29. The standard InChI is InChI=1S/C5H8Br3Cl/c1-4(2,3-6)5(7,8)9/h3H2,1-2H3. The van der Waals surface area contributed by atoms with Crippen LogP contribution in [-0.4, -0.2) is 8.02 Å². The first kappa shape index (κ1) is 10.7. The minimum absolute atomic E-state index is 0.00540. The molecule has 0 atom stereocenters. The van der Waals surface area contributed by atoms with Crippen LogP contribution in [0.25, 0.3) is 0 Å². The molecule has 9 heavy (non-hydrogen) atoms. The molecular weight excluding hydrogens is 335 g/mol. The number of hydrogen-bond donors (Lipinski definition) is 0. The van der Waals surface area contributed by atoms with Crippen molar-refractivity contribution in [2.45, 2.75) is 16.5 Å². The zero-order chi connectivity index (χ0) is 7.71. The maximum atomic E-state index is 5.93. The average molecular weight is 343 g/mol. The highest BCUT2D eigenvalue weighted by atomic mass is 79.9. The SMILES string of the molecule is CC(C)(CBr)C(Cl)(Br)Br. The summed E-state index contributed by atoms with van der Waals surface area (Å²) < 4.78 is -0.503. The van der Waals surface area contributed by atoms with Gasteiger partial charge in [0.25, 0.3) is 0 Å². The molecule has 0 bridgehead atoms. The second-order valence-corrected chi connectivity index (χ2v) is 8.00. The molecule has 0 amide bonds. The average Bonchev–Trinajstić information content (AvgIpc) is 1.64. The molecule has 0 saturated carbocycles. The van der Waals surface area contributed by atoms with Crippen LogP contribution in [0.4, 0.5) is 0 Å². The van der Waals surface area contributed by atoms with Gasteiger partial charge in [0.1, 0.15) is 0 Å². The zero-order valence-corrected chi connectivity index (χ0v) is 10.7. The number of hydrogen-bond acceptors (Lipinski definition) is 0. The predicted molar refractivity (Wildman–Crippen MR) is 54.0 cm³/mol. The summed E-state index contributed by atoms with van der Waals surface area (Å²) in [7, 11) is 0. The third-order valence-electron chi connectivity index (χ3n) is 1.10. The van der Waals surface area contributed by atoms with Gasteiger partial charge in [0.2, 0.25) is 0 Å². The summed E-state index contributed by atoms with van der Waals surface area (Å²) in [5, 5.41) is 0.847. The van der Waals surface area contributed by atoms with Crippen molar-refractivity contribution in [2.24, 2.45) is 5.41 Å². The molecule has 0 aliphatic heterocycles. The molecule has 0 aromatic carbocycles. The molecule has 0 aromatic heterocycles. The van der Waals surface area contributed by atoms with Gasteiger partial charge in [0, 0.05) is 10.7 Å². The summed E-state index contributed by atoms with van der Waals surface area (Å²) in [6, 6.07) is 0. The van der Waals surface area contributed by atoms with E-state index in [1.165, 1.54) is 0 Å². The fourth-order valence-corrected chi connectivity index (χ4v) is 1.76. The van der Waals surface area contributed by atoms with Crippen molar-refractivity contribution in [3.8, 4) is 0 Å². The predicted octanol–water partition coefficient (Wildman–Crippen LogP) is 4.09. The minimum atomic E-state index is -0.503. The second-order valence-electron chi connectivity index (χ2n) is 2.52. The van der Waals surface area contributed by atoms with Gasteiger partial charge in [0.15, 0.2) is 2.69 Å². The van der Waals surface area contributed by atoms with E-state index >= 15 is 0 Å². The van der Waals surface area contributed by atoms with Crippen LogP contribution in [-0.2, 0) is 0 Å². The molecule has 0 N–H and O–H groups in total. The molecule has 0 heterocycles. The third kappa shape index (κ3) is 3.08. The van der Waals surface area contributed by atoms with E-state index in [0.29, 0.717) is 0 Å². The van der Waals surface area contributed by atoms with Crippen LogP contribution < -0.4 is 0 Å². The van der Waals surface area contributed by atoms with Crippen molar-refractivity contribution in [1.82, 2.24) is 0 Å². The summed E-state index contributed by atoms with van der Waals surface area (Å²) in [4.78, 5) is 0. The monoisotopic (exact) mass is 340 g/mol. The van der Waals surface area contributed by atoms with Crippen molar-refractivity contribution in [3.63, 3.8) is 0 Å². The van der Waals surface area contributed by atoms with Gasteiger partial charge in [-0.3, -0.25) is 0 Å². The molecule has 0 fully saturated rings. The smallest absolute Gasteiger partial charge is 0.0934 e. The van der Waals surface area contributed by atoms with E-state index in [2.05, 4.69) is 61.6 Å². The first-order valence-electron chi connectivity index (χ1n) is 2.44. The summed E-state index contributed by atoms with van der Waals surface area (Å²) in [5.41, 5.74) is -0.00540. The Labute approximate surface area is 86.1 Å². The number of rotatable bonds is 2. The van der Waals surface area contributed by atoms with Crippen LogP contribution in [0, 0.1) is 5.41 Å². The van der Waals surface area contributed by atoms with Crippen LogP contribution in [0.3, 0.4) is 0 Å². The van der Waals surface area contributed by atoms with E-state index in [-0.39, 0.29) is 5.41 Å². The Morgan fingerprint density at radius 2 is 1.67 bits per heavy atom. The van der Waals surface area contributed by atoms with Crippen LogP contribution in [0.15, 0.2) is 0 Å². The van der Waals surface area contributed by atoms with E-state index in [0.717, 1.165) is 5.33 Å². The van der Waals surface area contributed by atoms with Gasteiger partial charge in [0.05, 0.1) is 0 Å². The molecule has 0 unspecified atom stereocenters. The number of halogens is 4. The van der Waals surface area contributed by atoms with Gasteiger partial charge >= 0.3 is 0 Å². The van der Waals surface area contributed by atoms with Gasteiger partial charge in [-0.15, -0.1) is 0 Å². The molecule has 0 saturated heterocycles. The summed E-state index contributed by atoms with van der Waals surface area (Å²) in [6.07, 6.45) is 0. The molecule has 0 radical (unpaired) electrons. The van der Waals surface area contributed by atoms with Gasteiger partial charge in [-0.2, -0.15) is 0 Å². The molecule has 0 aromatic rings.